The molecule has 2 rings (SSSR count). The number of hydrogen-bond donors (Lipinski definition) is 0. The standard InChI is InChI=1S/C19H23N3O5/c1-4-22(5-2)17(23)12-21(3)18(24)13-26-19(25)11-10-16-20-14-8-6-7-9-15(14)27-16/h6-11H,4-5,12-13H2,1-3H3/b11-10+. The van der Waals surface area contributed by atoms with E-state index in [-0.39, 0.29) is 18.3 Å². The monoisotopic (exact) mass is 373 g/mol. The lowest BCUT2D eigenvalue weighted by molar-refractivity contribution is -0.149. The summed E-state index contributed by atoms with van der Waals surface area (Å²) >= 11 is 0. The Morgan fingerprint density at radius 3 is 2.52 bits per heavy atom. The Morgan fingerprint density at radius 1 is 1.15 bits per heavy atom. The largest absolute Gasteiger partial charge is 0.452 e. The molecule has 0 aliphatic rings. The number of likely N-dealkylation sites (N-methyl/N-ethyl adjacent to an activating group) is 2. The molecule has 0 saturated heterocycles. The van der Waals surface area contributed by atoms with Gasteiger partial charge in [0.15, 0.2) is 12.2 Å². The molecule has 0 unspecified atom stereocenters. The van der Waals surface area contributed by atoms with Gasteiger partial charge in [0, 0.05) is 32.3 Å². The number of para-hydroxylation sites is 2. The number of esters is 1. The topological polar surface area (TPSA) is 93.0 Å². The van der Waals surface area contributed by atoms with Crippen LogP contribution >= 0.6 is 0 Å². The van der Waals surface area contributed by atoms with Crippen LogP contribution in [-0.2, 0) is 19.1 Å². The molecule has 0 bridgehead atoms. The van der Waals surface area contributed by atoms with Crippen molar-refractivity contribution in [2.24, 2.45) is 0 Å². The molecule has 8 nitrogen and oxygen atoms in total. The summed E-state index contributed by atoms with van der Waals surface area (Å²) in [4.78, 5) is 42.8. The number of rotatable bonds is 8. The predicted molar refractivity (Wildman–Crippen MR) is 99.6 cm³/mol. The Labute approximate surface area is 157 Å². The van der Waals surface area contributed by atoms with Crippen LogP contribution in [0.5, 0.6) is 0 Å². The fourth-order valence-corrected chi connectivity index (χ4v) is 2.36. The van der Waals surface area contributed by atoms with Crippen molar-refractivity contribution in [3.05, 3.63) is 36.2 Å². The molecule has 2 amide bonds. The summed E-state index contributed by atoms with van der Waals surface area (Å²) in [7, 11) is 1.49. The molecule has 0 aliphatic carbocycles. The summed E-state index contributed by atoms with van der Waals surface area (Å²) in [6.45, 7) is 4.39. The first-order valence-corrected chi connectivity index (χ1v) is 8.66. The second-order valence-electron chi connectivity index (χ2n) is 5.78. The van der Waals surface area contributed by atoms with Crippen LogP contribution in [0.25, 0.3) is 17.2 Å². The molecule has 2 aromatic rings. The number of carbonyl (C=O) groups is 3. The van der Waals surface area contributed by atoms with Gasteiger partial charge in [0.05, 0.1) is 6.54 Å². The van der Waals surface area contributed by atoms with Crippen molar-refractivity contribution in [1.82, 2.24) is 14.8 Å². The van der Waals surface area contributed by atoms with Gasteiger partial charge in [-0.3, -0.25) is 9.59 Å². The first-order chi connectivity index (χ1) is 12.9. The van der Waals surface area contributed by atoms with Gasteiger partial charge in [-0.05, 0) is 26.0 Å². The van der Waals surface area contributed by atoms with Gasteiger partial charge in [-0.15, -0.1) is 0 Å². The zero-order chi connectivity index (χ0) is 19.8. The summed E-state index contributed by atoms with van der Waals surface area (Å²) in [5.74, 6) is -1.05. The van der Waals surface area contributed by atoms with Crippen LogP contribution in [0.15, 0.2) is 34.8 Å². The Balaban J connectivity index is 1.81. The highest BCUT2D eigenvalue weighted by molar-refractivity contribution is 5.90. The van der Waals surface area contributed by atoms with E-state index in [1.807, 2.05) is 26.0 Å². The summed E-state index contributed by atoms with van der Waals surface area (Å²) in [5.41, 5.74) is 1.29. The van der Waals surface area contributed by atoms with E-state index < -0.39 is 18.5 Å². The highest BCUT2D eigenvalue weighted by Crippen LogP contribution is 2.15. The van der Waals surface area contributed by atoms with Gasteiger partial charge < -0.3 is 19.0 Å². The first kappa shape index (κ1) is 20.2. The Bertz CT molecular complexity index is 806. The van der Waals surface area contributed by atoms with Gasteiger partial charge in [-0.1, -0.05) is 12.1 Å². The minimum Gasteiger partial charge on any atom is -0.452 e. The number of fused-ring (bicyclic) bond motifs is 1. The number of carbonyl (C=O) groups excluding carboxylic acids is 3. The van der Waals surface area contributed by atoms with E-state index in [1.165, 1.54) is 18.0 Å². The van der Waals surface area contributed by atoms with Crippen LogP contribution in [0.1, 0.15) is 19.7 Å². The predicted octanol–water partition coefficient (Wildman–Crippen LogP) is 1.71. The van der Waals surface area contributed by atoms with Crippen LogP contribution in [0.2, 0.25) is 0 Å². The summed E-state index contributed by atoms with van der Waals surface area (Å²) in [6, 6.07) is 7.22. The maximum Gasteiger partial charge on any atom is 0.331 e. The number of hydrogen-bond acceptors (Lipinski definition) is 6. The van der Waals surface area contributed by atoms with Gasteiger partial charge in [0.2, 0.25) is 11.8 Å². The average molecular weight is 373 g/mol. The third kappa shape index (κ3) is 5.67. The van der Waals surface area contributed by atoms with E-state index in [9.17, 15) is 14.4 Å². The number of nitrogens with zero attached hydrogens (tertiary/aromatic N) is 3. The van der Waals surface area contributed by atoms with Gasteiger partial charge in [-0.2, -0.15) is 0 Å². The van der Waals surface area contributed by atoms with Crippen molar-refractivity contribution in [2.45, 2.75) is 13.8 Å². The second kappa shape index (κ2) is 9.51. The van der Waals surface area contributed by atoms with Crippen molar-refractivity contribution in [3.63, 3.8) is 0 Å². The molecule has 1 aromatic heterocycles. The van der Waals surface area contributed by atoms with E-state index in [2.05, 4.69) is 4.98 Å². The number of ether oxygens (including phenoxy) is 1. The lowest BCUT2D eigenvalue weighted by atomic mass is 10.3. The van der Waals surface area contributed by atoms with E-state index in [1.54, 1.807) is 17.0 Å². The fraction of sp³-hybridized carbons (Fsp3) is 0.368. The normalized spacial score (nSPS) is 10.9. The minimum atomic E-state index is -0.700. The first-order valence-electron chi connectivity index (χ1n) is 8.66. The lowest BCUT2D eigenvalue weighted by Crippen LogP contribution is -2.42. The molecule has 0 atom stereocenters. The summed E-state index contributed by atoms with van der Waals surface area (Å²) < 4.78 is 10.4. The molecule has 0 radical (unpaired) electrons. The van der Waals surface area contributed by atoms with Crippen LogP contribution < -0.4 is 0 Å². The van der Waals surface area contributed by atoms with Crippen molar-refractivity contribution >= 4 is 35.0 Å². The highest BCUT2D eigenvalue weighted by atomic mass is 16.5. The highest BCUT2D eigenvalue weighted by Gasteiger charge is 2.17. The summed E-state index contributed by atoms with van der Waals surface area (Å²) in [5, 5.41) is 0. The van der Waals surface area contributed by atoms with Gasteiger partial charge in [-0.25, -0.2) is 9.78 Å². The second-order valence-corrected chi connectivity index (χ2v) is 5.78. The van der Waals surface area contributed by atoms with E-state index in [4.69, 9.17) is 9.15 Å². The van der Waals surface area contributed by atoms with Crippen LogP contribution in [-0.4, -0.2) is 65.9 Å². The van der Waals surface area contributed by atoms with Crippen molar-refractivity contribution in [3.8, 4) is 0 Å². The lowest BCUT2D eigenvalue weighted by Gasteiger charge is -2.23. The Hall–Kier alpha value is -3.16. The smallest absolute Gasteiger partial charge is 0.331 e. The fourth-order valence-electron chi connectivity index (χ4n) is 2.36. The van der Waals surface area contributed by atoms with Crippen LogP contribution in [0, 0.1) is 0 Å². The SMILES string of the molecule is CCN(CC)C(=O)CN(C)C(=O)COC(=O)/C=C/c1nc2ccccc2o1. The minimum absolute atomic E-state index is 0.0587. The van der Waals surface area contributed by atoms with Crippen molar-refractivity contribution in [1.29, 1.82) is 0 Å². The molecule has 27 heavy (non-hydrogen) atoms. The summed E-state index contributed by atoms with van der Waals surface area (Å²) in [6.07, 6.45) is 2.51. The molecule has 1 aromatic carbocycles. The molecular formula is C19H23N3O5. The van der Waals surface area contributed by atoms with Crippen LogP contribution in [0.4, 0.5) is 0 Å². The maximum atomic E-state index is 12.0. The number of benzene rings is 1. The molecular weight excluding hydrogens is 350 g/mol. The Kier molecular flexibility index (Phi) is 7.10. The average Bonchev–Trinajstić information content (AvgIpc) is 3.08. The molecule has 1 heterocycles. The van der Waals surface area contributed by atoms with Gasteiger partial charge in [0.25, 0.3) is 5.91 Å². The molecule has 0 saturated carbocycles. The molecule has 144 valence electrons. The van der Waals surface area contributed by atoms with E-state index in [0.29, 0.717) is 24.2 Å². The Morgan fingerprint density at radius 2 is 1.85 bits per heavy atom. The maximum absolute atomic E-state index is 12.0. The molecule has 0 N–H and O–H groups in total. The molecule has 0 spiro atoms. The third-order valence-corrected chi connectivity index (χ3v) is 3.92. The van der Waals surface area contributed by atoms with Crippen LogP contribution in [0.3, 0.4) is 0 Å². The quantitative estimate of drug-likeness (QED) is 0.517. The van der Waals surface area contributed by atoms with E-state index >= 15 is 0 Å². The molecule has 0 fully saturated rings. The zero-order valence-corrected chi connectivity index (χ0v) is 15.7. The van der Waals surface area contributed by atoms with Gasteiger partial charge >= 0.3 is 5.97 Å². The number of amides is 2. The molecule has 0 aliphatic heterocycles. The van der Waals surface area contributed by atoms with E-state index in [0.717, 1.165) is 6.08 Å². The third-order valence-electron chi connectivity index (χ3n) is 3.92. The number of aromatic nitrogens is 1. The van der Waals surface area contributed by atoms with Crippen molar-refractivity contribution in [2.75, 3.05) is 33.3 Å². The number of oxazole rings is 1. The molecule has 8 heteroatoms. The van der Waals surface area contributed by atoms with Gasteiger partial charge in [0.1, 0.15) is 5.52 Å². The van der Waals surface area contributed by atoms with Crippen molar-refractivity contribution < 1.29 is 23.5 Å². The zero-order valence-electron chi connectivity index (χ0n) is 15.7.